The van der Waals surface area contributed by atoms with Gasteiger partial charge in [-0.15, -0.1) is 0 Å². The van der Waals surface area contributed by atoms with Crippen LogP contribution in [0.3, 0.4) is 0 Å². The molecule has 0 aliphatic rings. The summed E-state index contributed by atoms with van der Waals surface area (Å²) in [5, 5.41) is 19.0. The Kier molecular flexibility index (Phi) is 2.33. The Balaban J connectivity index is 2.37. The summed E-state index contributed by atoms with van der Waals surface area (Å²) in [7, 11) is 0. The van der Waals surface area contributed by atoms with Crippen LogP contribution in [0.4, 0.5) is 0 Å². The summed E-state index contributed by atoms with van der Waals surface area (Å²) in [6.07, 6.45) is 2.31. The topological polar surface area (TPSA) is 73.3 Å². The molecule has 0 aliphatic heterocycles. The second-order valence-corrected chi connectivity index (χ2v) is 3.41. The standard InChI is InChI=1S/C11H11NO3/c13-9-3-1-2-8-7(4-5-10(14)15)6-12-11(8)9/h1-3,6,12-13H,4-5H2,(H,14,15). The Morgan fingerprint density at radius 3 is 2.93 bits per heavy atom. The SMILES string of the molecule is O=C(O)CCc1c[nH]c2c(O)cccc12. The molecule has 2 aromatic rings. The number of hydrogen-bond donors (Lipinski definition) is 3. The van der Waals surface area contributed by atoms with Gasteiger partial charge in [-0.3, -0.25) is 4.79 Å². The molecule has 4 nitrogen and oxygen atoms in total. The zero-order valence-corrected chi connectivity index (χ0v) is 8.03. The number of rotatable bonds is 3. The Morgan fingerprint density at radius 1 is 1.40 bits per heavy atom. The van der Waals surface area contributed by atoms with Crippen molar-refractivity contribution in [2.45, 2.75) is 12.8 Å². The minimum atomic E-state index is -0.815. The smallest absolute Gasteiger partial charge is 0.303 e. The lowest BCUT2D eigenvalue weighted by molar-refractivity contribution is -0.136. The van der Waals surface area contributed by atoms with Crippen LogP contribution in [-0.4, -0.2) is 21.2 Å². The molecule has 1 aromatic carbocycles. The minimum absolute atomic E-state index is 0.0998. The van der Waals surface area contributed by atoms with E-state index in [-0.39, 0.29) is 12.2 Å². The van der Waals surface area contributed by atoms with Gasteiger partial charge in [-0.25, -0.2) is 0 Å². The van der Waals surface area contributed by atoms with Gasteiger partial charge in [0.25, 0.3) is 0 Å². The first-order valence-electron chi connectivity index (χ1n) is 4.68. The minimum Gasteiger partial charge on any atom is -0.506 e. The number of phenols is 1. The van der Waals surface area contributed by atoms with Gasteiger partial charge in [0.05, 0.1) is 5.52 Å². The summed E-state index contributed by atoms with van der Waals surface area (Å²) in [5.74, 6) is -0.626. The highest BCUT2D eigenvalue weighted by Gasteiger charge is 2.07. The van der Waals surface area contributed by atoms with Gasteiger partial charge in [-0.1, -0.05) is 12.1 Å². The molecule has 1 aromatic heterocycles. The van der Waals surface area contributed by atoms with Crippen LogP contribution < -0.4 is 0 Å². The van der Waals surface area contributed by atoms with Crippen molar-refractivity contribution >= 4 is 16.9 Å². The molecule has 4 heteroatoms. The van der Waals surface area contributed by atoms with E-state index in [2.05, 4.69) is 4.98 Å². The van der Waals surface area contributed by atoms with Gasteiger partial charge >= 0.3 is 5.97 Å². The number of carboxylic acids is 1. The predicted molar refractivity (Wildman–Crippen MR) is 55.9 cm³/mol. The number of aromatic hydroxyl groups is 1. The highest BCUT2D eigenvalue weighted by atomic mass is 16.4. The number of benzene rings is 1. The van der Waals surface area contributed by atoms with E-state index in [1.54, 1.807) is 18.3 Å². The van der Waals surface area contributed by atoms with Gasteiger partial charge in [0, 0.05) is 18.0 Å². The molecule has 1 heterocycles. The summed E-state index contributed by atoms with van der Waals surface area (Å²) in [6.45, 7) is 0. The largest absolute Gasteiger partial charge is 0.506 e. The monoisotopic (exact) mass is 205 g/mol. The molecule has 0 saturated carbocycles. The summed E-state index contributed by atoms with van der Waals surface area (Å²) in [4.78, 5) is 13.4. The van der Waals surface area contributed by atoms with Crippen LogP contribution in [0.5, 0.6) is 5.75 Å². The van der Waals surface area contributed by atoms with Gasteiger partial charge in [0.1, 0.15) is 5.75 Å². The summed E-state index contributed by atoms with van der Waals surface area (Å²) < 4.78 is 0. The van der Waals surface area contributed by atoms with Crippen molar-refractivity contribution in [2.24, 2.45) is 0 Å². The molecule has 0 unspecified atom stereocenters. The van der Waals surface area contributed by atoms with Crippen LogP contribution >= 0.6 is 0 Å². The molecule has 0 fully saturated rings. The maximum absolute atomic E-state index is 10.4. The number of phenolic OH excluding ortho intramolecular Hbond substituents is 1. The average molecular weight is 205 g/mol. The summed E-state index contributed by atoms with van der Waals surface area (Å²) >= 11 is 0. The van der Waals surface area contributed by atoms with Crippen LogP contribution in [0.25, 0.3) is 10.9 Å². The zero-order valence-electron chi connectivity index (χ0n) is 8.03. The maximum atomic E-state index is 10.4. The fraction of sp³-hybridized carbons (Fsp3) is 0.182. The van der Waals surface area contributed by atoms with E-state index in [0.29, 0.717) is 11.9 Å². The molecule has 15 heavy (non-hydrogen) atoms. The third-order valence-electron chi connectivity index (χ3n) is 2.39. The molecule has 3 N–H and O–H groups in total. The van der Waals surface area contributed by atoms with Gasteiger partial charge in [0.15, 0.2) is 0 Å². The Hall–Kier alpha value is -1.97. The first-order valence-corrected chi connectivity index (χ1v) is 4.68. The number of H-pyrrole nitrogens is 1. The molecule has 0 atom stereocenters. The van der Waals surface area contributed by atoms with Crippen molar-refractivity contribution < 1.29 is 15.0 Å². The van der Waals surface area contributed by atoms with Crippen LogP contribution in [0.15, 0.2) is 24.4 Å². The molecular weight excluding hydrogens is 194 g/mol. The summed E-state index contributed by atoms with van der Waals surface area (Å²) in [5.41, 5.74) is 1.58. The second kappa shape index (κ2) is 3.65. The van der Waals surface area contributed by atoms with Crippen molar-refractivity contribution in [1.82, 2.24) is 4.98 Å². The second-order valence-electron chi connectivity index (χ2n) is 3.41. The number of nitrogens with one attached hydrogen (secondary N) is 1. The van der Waals surface area contributed by atoms with E-state index < -0.39 is 5.97 Å². The molecule has 0 radical (unpaired) electrons. The van der Waals surface area contributed by atoms with Crippen LogP contribution in [0, 0.1) is 0 Å². The third-order valence-corrected chi connectivity index (χ3v) is 2.39. The first-order chi connectivity index (χ1) is 7.18. The van der Waals surface area contributed by atoms with Crippen molar-refractivity contribution in [2.75, 3.05) is 0 Å². The fourth-order valence-corrected chi connectivity index (χ4v) is 1.64. The predicted octanol–water partition coefficient (Wildman–Crippen LogP) is 1.89. The number of carboxylic acid groups (broad SMARTS) is 1. The molecule has 0 amide bonds. The third kappa shape index (κ3) is 1.79. The van der Waals surface area contributed by atoms with E-state index in [9.17, 15) is 9.90 Å². The molecule has 2 rings (SSSR count). The van der Waals surface area contributed by atoms with Gasteiger partial charge < -0.3 is 15.2 Å². The normalized spacial score (nSPS) is 10.7. The first kappa shape index (κ1) is 9.58. The number of aromatic amines is 1. The highest BCUT2D eigenvalue weighted by Crippen LogP contribution is 2.26. The fourth-order valence-electron chi connectivity index (χ4n) is 1.64. The lowest BCUT2D eigenvalue weighted by Gasteiger charge is -1.97. The number of hydrogen-bond acceptors (Lipinski definition) is 2. The number of para-hydroxylation sites is 1. The van der Waals surface area contributed by atoms with E-state index in [0.717, 1.165) is 10.9 Å². The molecular formula is C11H11NO3. The average Bonchev–Trinajstić information content (AvgIpc) is 2.59. The van der Waals surface area contributed by atoms with Gasteiger partial charge in [-0.2, -0.15) is 0 Å². The molecule has 0 aliphatic carbocycles. The molecule has 0 saturated heterocycles. The van der Waals surface area contributed by atoms with E-state index in [4.69, 9.17) is 5.11 Å². The number of aryl methyl sites for hydroxylation is 1. The number of fused-ring (bicyclic) bond motifs is 1. The zero-order chi connectivity index (χ0) is 10.8. The number of carbonyl (C=O) groups is 1. The van der Waals surface area contributed by atoms with Crippen molar-refractivity contribution in [3.8, 4) is 5.75 Å². The van der Waals surface area contributed by atoms with Crippen molar-refractivity contribution in [3.05, 3.63) is 30.0 Å². The maximum Gasteiger partial charge on any atom is 0.303 e. The quantitative estimate of drug-likeness (QED) is 0.716. The molecule has 0 spiro atoms. The van der Waals surface area contributed by atoms with Crippen LogP contribution in [-0.2, 0) is 11.2 Å². The Bertz CT molecular complexity index is 502. The Labute approximate surface area is 86.2 Å². The van der Waals surface area contributed by atoms with Crippen LogP contribution in [0.1, 0.15) is 12.0 Å². The highest BCUT2D eigenvalue weighted by molar-refractivity contribution is 5.88. The lowest BCUT2D eigenvalue weighted by atomic mass is 10.1. The van der Waals surface area contributed by atoms with Gasteiger partial charge in [-0.05, 0) is 18.1 Å². The van der Waals surface area contributed by atoms with E-state index >= 15 is 0 Å². The molecule has 78 valence electrons. The lowest BCUT2D eigenvalue weighted by Crippen LogP contribution is -1.96. The van der Waals surface area contributed by atoms with E-state index in [1.165, 1.54) is 0 Å². The van der Waals surface area contributed by atoms with Crippen LogP contribution in [0.2, 0.25) is 0 Å². The Morgan fingerprint density at radius 2 is 2.20 bits per heavy atom. The van der Waals surface area contributed by atoms with Crippen molar-refractivity contribution in [3.63, 3.8) is 0 Å². The van der Waals surface area contributed by atoms with Crippen molar-refractivity contribution in [1.29, 1.82) is 0 Å². The molecule has 0 bridgehead atoms. The number of aliphatic carboxylic acids is 1. The summed E-state index contributed by atoms with van der Waals surface area (Å²) in [6, 6.07) is 5.21. The number of aromatic nitrogens is 1. The van der Waals surface area contributed by atoms with Gasteiger partial charge in [0.2, 0.25) is 0 Å². The van der Waals surface area contributed by atoms with E-state index in [1.807, 2.05) is 6.07 Å².